The second kappa shape index (κ2) is 16.5. The first-order valence-corrected chi connectivity index (χ1v) is 9.12. The van der Waals surface area contributed by atoms with Crippen molar-refractivity contribution in [2.24, 2.45) is 0 Å². The maximum Gasteiger partial charge on any atom is 0.305 e. The van der Waals surface area contributed by atoms with Crippen LogP contribution in [-0.4, -0.2) is 24.3 Å². The summed E-state index contributed by atoms with van der Waals surface area (Å²) >= 11 is 0. The van der Waals surface area contributed by atoms with Gasteiger partial charge in [-0.05, 0) is 25.7 Å². The first kappa shape index (κ1) is 21.2. The van der Waals surface area contributed by atoms with Gasteiger partial charge in [0.15, 0.2) is 0 Å². The van der Waals surface area contributed by atoms with Crippen molar-refractivity contribution in [3.63, 3.8) is 0 Å². The van der Waals surface area contributed by atoms with Crippen LogP contribution in [0.2, 0.25) is 0 Å². The zero-order valence-corrected chi connectivity index (χ0v) is 14.7. The minimum absolute atomic E-state index is 0.105. The molecule has 0 saturated carbocycles. The van der Waals surface area contributed by atoms with Crippen molar-refractivity contribution < 1.29 is 14.6 Å². The molecular weight excluding hydrogens is 276 g/mol. The standard InChI is InChI=1S/C19H36O3/c1-3-4-5-9-12-15-18(20)16-13-10-7-6-8-11-14-17-19(21)22-2/h13,16,18,20H,3-12,14-15,17H2,1-2H3/b16-13-. The van der Waals surface area contributed by atoms with Gasteiger partial charge in [-0.2, -0.15) is 0 Å². The number of carbonyl (C=O) groups excluding carboxylic acids is 1. The number of allylic oxidation sites excluding steroid dienone is 1. The van der Waals surface area contributed by atoms with E-state index in [1.807, 2.05) is 6.08 Å². The maximum absolute atomic E-state index is 10.9. The average Bonchev–Trinajstić information content (AvgIpc) is 2.52. The van der Waals surface area contributed by atoms with Crippen molar-refractivity contribution in [2.45, 2.75) is 96.5 Å². The van der Waals surface area contributed by atoms with E-state index in [2.05, 4.69) is 17.7 Å². The fourth-order valence-electron chi connectivity index (χ4n) is 2.47. The predicted molar refractivity (Wildman–Crippen MR) is 92.9 cm³/mol. The maximum atomic E-state index is 10.9. The second-order valence-electron chi connectivity index (χ2n) is 6.08. The number of ether oxygens (including phenoxy) is 1. The summed E-state index contributed by atoms with van der Waals surface area (Å²) in [6.07, 6.45) is 18.1. The third kappa shape index (κ3) is 15.6. The molecule has 0 aromatic heterocycles. The van der Waals surface area contributed by atoms with Crippen LogP contribution in [0.4, 0.5) is 0 Å². The molecule has 1 atom stereocenters. The summed E-state index contributed by atoms with van der Waals surface area (Å²) in [5, 5.41) is 9.82. The van der Waals surface area contributed by atoms with Gasteiger partial charge in [-0.1, -0.05) is 70.4 Å². The molecule has 3 heteroatoms. The molecule has 1 N–H and O–H groups in total. The predicted octanol–water partition coefficient (Wildman–Crippen LogP) is 5.17. The van der Waals surface area contributed by atoms with Gasteiger partial charge in [0.25, 0.3) is 0 Å². The summed E-state index contributed by atoms with van der Waals surface area (Å²) in [5.74, 6) is -0.105. The summed E-state index contributed by atoms with van der Waals surface area (Å²) in [6.45, 7) is 2.22. The molecule has 0 aromatic carbocycles. The van der Waals surface area contributed by atoms with Crippen LogP contribution < -0.4 is 0 Å². The Hall–Kier alpha value is -0.830. The molecule has 0 aliphatic rings. The number of carbonyl (C=O) groups is 1. The Morgan fingerprint density at radius 1 is 1.00 bits per heavy atom. The van der Waals surface area contributed by atoms with Crippen LogP contribution in [0.3, 0.4) is 0 Å². The molecule has 0 rings (SSSR count). The minimum Gasteiger partial charge on any atom is -0.469 e. The quantitative estimate of drug-likeness (QED) is 0.258. The Morgan fingerprint density at radius 2 is 1.64 bits per heavy atom. The monoisotopic (exact) mass is 312 g/mol. The number of aliphatic hydroxyl groups excluding tert-OH is 1. The Labute approximate surface area is 137 Å². The Kier molecular flexibility index (Phi) is 15.9. The van der Waals surface area contributed by atoms with E-state index in [4.69, 9.17) is 0 Å². The molecular formula is C19H36O3. The van der Waals surface area contributed by atoms with E-state index in [1.165, 1.54) is 45.6 Å². The van der Waals surface area contributed by atoms with Crippen molar-refractivity contribution in [3.8, 4) is 0 Å². The number of unbranched alkanes of at least 4 members (excludes halogenated alkanes) is 9. The highest BCUT2D eigenvalue weighted by Crippen LogP contribution is 2.10. The molecule has 0 aliphatic heterocycles. The van der Waals surface area contributed by atoms with Crippen molar-refractivity contribution in [2.75, 3.05) is 7.11 Å². The normalized spacial score (nSPS) is 12.7. The molecule has 0 aromatic rings. The summed E-state index contributed by atoms with van der Waals surface area (Å²) in [7, 11) is 1.44. The molecule has 130 valence electrons. The van der Waals surface area contributed by atoms with Gasteiger partial charge in [-0.3, -0.25) is 4.79 Å². The third-order valence-corrected chi connectivity index (χ3v) is 3.94. The average molecular weight is 312 g/mol. The molecule has 0 radical (unpaired) electrons. The fraction of sp³-hybridized carbons (Fsp3) is 0.842. The summed E-state index contributed by atoms with van der Waals surface area (Å²) in [5.41, 5.74) is 0. The molecule has 0 saturated heterocycles. The number of hydrogen-bond donors (Lipinski definition) is 1. The lowest BCUT2D eigenvalue weighted by Crippen LogP contribution is -2.01. The van der Waals surface area contributed by atoms with Crippen LogP contribution in [0.25, 0.3) is 0 Å². The van der Waals surface area contributed by atoms with Gasteiger partial charge in [-0.25, -0.2) is 0 Å². The van der Waals surface area contributed by atoms with Crippen molar-refractivity contribution in [1.29, 1.82) is 0 Å². The zero-order chi connectivity index (χ0) is 16.5. The van der Waals surface area contributed by atoms with Gasteiger partial charge in [0.05, 0.1) is 13.2 Å². The fourth-order valence-corrected chi connectivity index (χ4v) is 2.47. The smallest absolute Gasteiger partial charge is 0.305 e. The van der Waals surface area contributed by atoms with E-state index in [-0.39, 0.29) is 12.1 Å². The molecule has 22 heavy (non-hydrogen) atoms. The third-order valence-electron chi connectivity index (χ3n) is 3.94. The van der Waals surface area contributed by atoms with Gasteiger partial charge < -0.3 is 9.84 Å². The van der Waals surface area contributed by atoms with E-state index >= 15 is 0 Å². The Morgan fingerprint density at radius 3 is 2.36 bits per heavy atom. The molecule has 0 heterocycles. The van der Waals surface area contributed by atoms with Crippen LogP contribution in [0.5, 0.6) is 0 Å². The van der Waals surface area contributed by atoms with Gasteiger partial charge in [0.1, 0.15) is 0 Å². The van der Waals surface area contributed by atoms with Gasteiger partial charge in [0, 0.05) is 6.42 Å². The van der Waals surface area contributed by atoms with Crippen LogP contribution in [0.15, 0.2) is 12.2 Å². The highest BCUT2D eigenvalue weighted by atomic mass is 16.5. The van der Waals surface area contributed by atoms with Crippen LogP contribution in [-0.2, 0) is 9.53 Å². The molecule has 3 nitrogen and oxygen atoms in total. The SMILES string of the molecule is CCCCCCCC(O)/C=C\CCCCCCCC(=O)OC. The summed E-state index contributed by atoms with van der Waals surface area (Å²) < 4.78 is 4.61. The lowest BCUT2D eigenvalue weighted by atomic mass is 10.1. The highest BCUT2D eigenvalue weighted by molar-refractivity contribution is 5.68. The lowest BCUT2D eigenvalue weighted by Gasteiger charge is -2.05. The minimum atomic E-state index is -0.262. The van der Waals surface area contributed by atoms with Crippen molar-refractivity contribution in [1.82, 2.24) is 0 Å². The van der Waals surface area contributed by atoms with Gasteiger partial charge in [0.2, 0.25) is 0 Å². The number of esters is 1. The van der Waals surface area contributed by atoms with Crippen LogP contribution in [0.1, 0.15) is 90.4 Å². The first-order valence-electron chi connectivity index (χ1n) is 9.12. The number of hydrogen-bond acceptors (Lipinski definition) is 3. The Bertz CT molecular complexity index is 274. The number of methoxy groups -OCH3 is 1. The zero-order valence-electron chi connectivity index (χ0n) is 14.7. The van der Waals surface area contributed by atoms with E-state index in [1.54, 1.807) is 0 Å². The molecule has 1 unspecified atom stereocenters. The number of rotatable bonds is 15. The van der Waals surface area contributed by atoms with Crippen LogP contribution >= 0.6 is 0 Å². The molecule has 0 amide bonds. The van der Waals surface area contributed by atoms with Crippen molar-refractivity contribution in [3.05, 3.63) is 12.2 Å². The number of aliphatic hydroxyl groups is 1. The van der Waals surface area contributed by atoms with Crippen molar-refractivity contribution >= 4 is 5.97 Å². The van der Waals surface area contributed by atoms with E-state index in [9.17, 15) is 9.90 Å². The highest BCUT2D eigenvalue weighted by Gasteiger charge is 2.00. The largest absolute Gasteiger partial charge is 0.469 e. The molecule has 0 aliphatic carbocycles. The lowest BCUT2D eigenvalue weighted by molar-refractivity contribution is -0.140. The second-order valence-corrected chi connectivity index (χ2v) is 6.08. The van der Waals surface area contributed by atoms with E-state index < -0.39 is 0 Å². The summed E-state index contributed by atoms with van der Waals surface area (Å²) in [4.78, 5) is 10.9. The molecule has 0 bridgehead atoms. The molecule has 0 spiro atoms. The van der Waals surface area contributed by atoms with Gasteiger partial charge >= 0.3 is 5.97 Å². The first-order chi connectivity index (χ1) is 10.7. The summed E-state index contributed by atoms with van der Waals surface area (Å²) in [6, 6.07) is 0. The van der Waals surface area contributed by atoms with Crippen LogP contribution in [0, 0.1) is 0 Å². The Balaban J connectivity index is 3.30. The topological polar surface area (TPSA) is 46.5 Å². The van der Waals surface area contributed by atoms with E-state index in [0.717, 1.165) is 38.5 Å². The van der Waals surface area contributed by atoms with E-state index in [0.29, 0.717) is 6.42 Å². The molecule has 0 fully saturated rings. The van der Waals surface area contributed by atoms with Gasteiger partial charge in [-0.15, -0.1) is 0 Å².